The molecule has 1 aliphatic carbocycles. The molecule has 0 aromatic heterocycles. The van der Waals surface area contributed by atoms with Gasteiger partial charge < -0.3 is 10.6 Å². The van der Waals surface area contributed by atoms with Gasteiger partial charge in [0.1, 0.15) is 0 Å². The number of hydrogen-bond acceptors (Lipinski definition) is 4. The monoisotopic (exact) mass is 351 g/mol. The topological polar surface area (TPSA) is 87.3 Å². The smallest absolute Gasteiger partial charge is 0.240 e. The van der Waals surface area contributed by atoms with E-state index in [4.69, 9.17) is 0 Å². The molecular weight excluding hydrogens is 326 g/mol. The fourth-order valence-electron chi connectivity index (χ4n) is 3.52. The first-order valence-electron chi connectivity index (χ1n) is 8.46. The van der Waals surface area contributed by atoms with Crippen LogP contribution in [0.25, 0.3) is 0 Å². The lowest BCUT2D eigenvalue weighted by atomic mass is 9.92. The van der Waals surface area contributed by atoms with Gasteiger partial charge in [0.15, 0.2) is 0 Å². The van der Waals surface area contributed by atoms with Crippen molar-refractivity contribution in [2.75, 3.05) is 18.4 Å². The van der Waals surface area contributed by atoms with E-state index < -0.39 is 10.0 Å². The van der Waals surface area contributed by atoms with Crippen LogP contribution in [-0.4, -0.2) is 33.5 Å². The molecule has 1 aliphatic heterocycles. The average molecular weight is 351 g/mol. The molecule has 3 rings (SSSR count). The summed E-state index contributed by atoms with van der Waals surface area (Å²) in [6, 6.07) is 6.17. The van der Waals surface area contributed by atoms with Crippen molar-refractivity contribution < 1.29 is 13.2 Å². The van der Waals surface area contributed by atoms with Gasteiger partial charge in [-0.1, -0.05) is 0 Å². The summed E-state index contributed by atoms with van der Waals surface area (Å²) in [4.78, 5) is 12.6. The Labute approximate surface area is 143 Å². The molecule has 2 fully saturated rings. The third-order valence-corrected chi connectivity index (χ3v) is 6.60. The van der Waals surface area contributed by atoms with E-state index in [0.717, 1.165) is 32.4 Å². The number of piperidine rings is 1. The first-order valence-corrected chi connectivity index (χ1v) is 9.95. The Bertz CT molecular complexity index is 707. The zero-order valence-electron chi connectivity index (χ0n) is 14.1. The lowest BCUT2D eigenvalue weighted by Crippen LogP contribution is -2.31. The molecule has 1 heterocycles. The summed E-state index contributed by atoms with van der Waals surface area (Å²) in [6.07, 6.45) is 3.08. The van der Waals surface area contributed by atoms with Crippen molar-refractivity contribution in [2.45, 2.75) is 44.0 Å². The third kappa shape index (κ3) is 3.63. The second-order valence-corrected chi connectivity index (χ2v) is 8.87. The molecule has 6 nitrogen and oxygen atoms in total. The molecule has 3 N–H and O–H groups in total. The summed E-state index contributed by atoms with van der Waals surface area (Å²) >= 11 is 0. The first-order chi connectivity index (χ1) is 11.3. The Kier molecular flexibility index (Phi) is 4.68. The molecule has 1 saturated heterocycles. The highest BCUT2D eigenvalue weighted by molar-refractivity contribution is 7.89. The molecular formula is C17H25N3O3S. The Morgan fingerprint density at radius 2 is 1.83 bits per heavy atom. The van der Waals surface area contributed by atoms with Crippen molar-refractivity contribution in [1.82, 2.24) is 10.0 Å². The van der Waals surface area contributed by atoms with Gasteiger partial charge in [-0.2, -0.15) is 0 Å². The molecule has 0 radical (unpaired) electrons. The minimum absolute atomic E-state index is 0.0489. The SMILES string of the molecule is CC(C)NS(=O)(=O)c1ccc(NC(=O)C2CC23CCNCC3)cc1. The van der Waals surface area contributed by atoms with Crippen LogP contribution in [0, 0.1) is 11.3 Å². The minimum atomic E-state index is -3.50. The van der Waals surface area contributed by atoms with Gasteiger partial charge in [-0.25, -0.2) is 13.1 Å². The van der Waals surface area contributed by atoms with Crippen LogP contribution < -0.4 is 15.4 Å². The van der Waals surface area contributed by atoms with Gasteiger partial charge in [-0.15, -0.1) is 0 Å². The Hall–Kier alpha value is -1.44. The van der Waals surface area contributed by atoms with E-state index in [0.29, 0.717) is 5.69 Å². The number of carbonyl (C=O) groups excluding carboxylic acids is 1. The Morgan fingerprint density at radius 1 is 1.21 bits per heavy atom. The van der Waals surface area contributed by atoms with Gasteiger partial charge in [0, 0.05) is 17.6 Å². The van der Waals surface area contributed by atoms with Gasteiger partial charge >= 0.3 is 0 Å². The molecule has 1 aromatic rings. The molecule has 132 valence electrons. The summed E-state index contributed by atoms with van der Waals surface area (Å²) in [5.41, 5.74) is 0.833. The van der Waals surface area contributed by atoms with Crippen molar-refractivity contribution in [3.63, 3.8) is 0 Å². The number of hydrogen-bond donors (Lipinski definition) is 3. The van der Waals surface area contributed by atoms with Gasteiger partial charge in [0.05, 0.1) is 4.90 Å². The van der Waals surface area contributed by atoms with Crippen molar-refractivity contribution in [2.24, 2.45) is 11.3 Å². The van der Waals surface area contributed by atoms with E-state index in [-0.39, 0.29) is 28.2 Å². The van der Waals surface area contributed by atoms with Gasteiger partial charge in [0.2, 0.25) is 15.9 Å². The van der Waals surface area contributed by atoms with Crippen LogP contribution in [0.4, 0.5) is 5.69 Å². The Morgan fingerprint density at radius 3 is 2.42 bits per heavy atom. The lowest BCUT2D eigenvalue weighted by Gasteiger charge is -2.23. The maximum absolute atomic E-state index is 12.4. The summed E-state index contributed by atoms with van der Waals surface area (Å²) in [5.74, 6) is 0.137. The average Bonchev–Trinajstić information content (AvgIpc) is 3.20. The molecule has 1 amide bonds. The highest BCUT2D eigenvalue weighted by Gasteiger charge is 2.57. The standard InChI is InChI=1S/C17H25N3O3S/c1-12(2)20-24(22,23)14-5-3-13(4-6-14)19-16(21)15-11-17(15)7-9-18-10-8-17/h3-6,12,15,18,20H,7-11H2,1-2H3,(H,19,21). The second-order valence-electron chi connectivity index (χ2n) is 7.16. The molecule has 1 saturated carbocycles. The molecule has 1 atom stereocenters. The number of rotatable bonds is 5. The van der Waals surface area contributed by atoms with Crippen molar-refractivity contribution in [3.8, 4) is 0 Å². The Balaban J connectivity index is 1.62. The van der Waals surface area contributed by atoms with Crippen molar-refractivity contribution in [3.05, 3.63) is 24.3 Å². The normalized spacial score (nSPS) is 22.5. The van der Waals surface area contributed by atoms with E-state index in [1.807, 2.05) is 0 Å². The highest BCUT2D eigenvalue weighted by atomic mass is 32.2. The van der Waals surface area contributed by atoms with Gasteiger partial charge in [-0.05, 0) is 75.9 Å². The summed E-state index contributed by atoms with van der Waals surface area (Å²) in [6.45, 7) is 5.52. The number of anilines is 1. The van der Waals surface area contributed by atoms with Crippen molar-refractivity contribution >= 4 is 21.6 Å². The zero-order valence-corrected chi connectivity index (χ0v) is 14.9. The summed E-state index contributed by atoms with van der Waals surface area (Å²) in [7, 11) is -3.50. The van der Waals surface area contributed by atoms with E-state index >= 15 is 0 Å². The van der Waals surface area contributed by atoms with Gasteiger partial charge in [0.25, 0.3) is 0 Å². The predicted molar refractivity (Wildman–Crippen MR) is 93.2 cm³/mol. The lowest BCUT2D eigenvalue weighted by molar-refractivity contribution is -0.118. The van der Waals surface area contributed by atoms with E-state index in [1.54, 1.807) is 26.0 Å². The van der Waals surface area contributed by atoms with Crippen LogP contribution in [0.3, 0.4) is 0 Å². The maximum atomic E-state index is 12.4. The fraction of sp³-hybridized carbons (Fsp3) is 0.588. The van der Waals surface area contributed by atoms with E-state index in [1.165, 1.54) is 12.1 Å². The van der Waals surface area contributed by atoms with Crippen LogP contribution in [0.2, 0.25) is 0 Å². The number of sulfonamides is 1. The summed E-state index contributed by atoms with van der Waals surface area (Å²) < 4.78 is 26.7. The quantitative estimate of drug-likeness (QED) is 0.753. The molecule has 24 heavy (non-hydrogen) atoms. The van der Waals surface area contributed by atoms with Crippen LogP contribution in [0.5, 0.6) is 0 Å². The molecule has 1 unspecified atom stereocenters. The third-order valence-electron chi connectivity index (χ3n) is 4.93. The van der Waals surface area contributed by atoms with Gasteiger partial charge in [-0.3, -0.25) is 4.79 Å². The molecule has 2 aliphatic rings. The molecule has 7 heteroatoms. The van der Waals surface area contributed by atoms with Crippen LogP contribution in [0.1, 0.15) is 33.1 Å². The highest BCUT2D eigenvalue weighted by Crippen LogP contribution is 2.58. The number of amides is 1. The maximum Gasteiger partial charge on any atom is 0.240 e. The van der Waals surface area contributed by atoms with Crippen LogP contribution in [0.15, 0.2) is 29.2 Å². The zero-order chi connectivity index (χ0) is 17.4. The first kappa shape index (κ1) is 17.4. The van der Waals surface area contributed by atoms with Crippen LogP contribution >= 0.6 is 0 Å². The summed E-state index contributed by atoms with van der Waals surface area (Å²) in [5, 5.41) is 6.25. The molecule has 0 bridgehead atoms. The fourth-order valence-corrected chi connectivity index (χ4v) is 4.77. The van der Waals surface area contributed by atoms with Crippen LogP contribution in [-0.2, 0) is 14.8 Å². The number of carbonyl (C=O) groups is 1. The molecule has 1 spiro atoms. The number of benzene rings is 1. The number of nitrogens with one attached hydrogen (secondary N) is 3. The minimum Gasteiger partial charge on any atom is -0.326 e. The van der Waals surface area contributed by atoms with E-state index in [9.17, 15) is 13.2 Å². The van der Waals surface area contributed by atoms with Crippen molar-refractivity contribution in [1.29, 1.82) is 0 Å². The second kappa shape index (κ2) is 6.46. The predicted octanol–water partition coefficient (Wildman–Crippen LogP) is 1.70. The largest absolute Gasteiger partial charge is 0.326 e. The molecule has 1 aromatic carbocycles. The van der Waals surface area contributed by atoms with E-state index in [2.05, 4.69) is 15.4 Å².